The lowest BCUT2D eigenvalue weighted by molar-refractivity contribution is -0.131. The maximum Gasteiger partial charge on any atom is 0.308 e. The quantitative estimate of drug-likeness (QED) is 0.631. The standard InChI is InChI=1S/C10H10O.C8H8O2/c11-10-6-5-8-3-1-2-4-9(8)7-10;1-7(9)10-8-5-3-2-4-6-8/h1-4,7,11H,5-6H2;2-6H,1H3. The van der Waals surface area contributed by atoms with Crippen molar-refractivity contribution in [2.45, 2.75) is 19.8 Å². The van der Waals surface area contributed by atoms with Gasteiger partial charge in [-0.05, 0) is 35.8 Å². The summed E-state index contributed by atoms with van der Waals surface area (Å²) in [5.74, 6) is 0.810. The number of allylic oxidation sites excluding steroid dienone is 1. The molecule has 0 atom stereocenters. The lowest BCUT2D eigenvalue weighted by Gasteiger charge is -2.11. The van der Waals surface area contributed by atoms with Crippen molar-refractivity contribution < 1.29 is 14.6 Å². The average molecular weight is 282 g/mol. The summed E-state index contributed by atoms with van der Waals surface area (Å²) in [6.45, 7) is 1.38. The number of fused-ring (bicyclic) bond motifs is 1. The van der Waals surface area contributed by atoms with Crippen LogP contribution in [0, 0.1) is 0 Å². The summed E-state index contributed by atoms with van der Waals surface area (Å²) in [4.78, 5) is 10.4. The van der Waals surface area contributed by atoms with Crippen molar-refractivity contribution in [3.05, 3.63) is 71.5 Å². The number of carbonyl (C=O) groups is 1. The Balaban J connectivity index is 0.000000155. The zero-order chi connectivity index (χ0) is 15.1. The third-order valence-corrected chi connectivity index (χ3v) is 3.03. The van der Waals surface area contributed by atoms with Gasteiger partial charge in [-0.15, -0.1) is 0 Å². The number of rotatable bonds is 1. The van der Waals surface area contributed by atoms with Crippen molar-refractivity contribution in [3.63, 3.8) is 0 Å². The van der Waals surface area contributed by atoms with E-state index in [0.717, 1.165) is 18.4 Å². The van der Waals surface area contributed by atoms with Crippen LogP contribution in [0.15, 0.2) is 60.4 Å². The van der Waals surface area contributed by atoms with Crippen LogP contribution < -0.4 is 4.74 Å². The summed E-state index contributed by atoms with van der Waals surface area (Å²) in [6, 6.07) is 17.2. The zero-order valence-corrected chi connectivity index (χ0v) is 12.0. The van der Waals surface area contributed by atoms with E-state index in [9.17, 15) is 9.90 Å². The van der Waals surface area contributed by atoms with E-state index in [0.29, 0.717) is 11.5 Å². The topological polar surface area (TPSA) is 46.5 Å². The molecular formula is C18H18O3. The van der Waals surface area contributed by atoms with Crippen molar-refractivity contribution in [1.82, 2.24) is 0 Å². The van der Waals surface area contributed by atoms with E-state index in [4.69, 9.17) is 4.74 Å². The SMILES string of the molecule is CC(=O)Oc1ccccc1.OC1=Cc2ccccc2CC1. The molecule has 0 aromatic heterocycles. The highest BCUT2D eigenvalue weighted by molar-refractivity contribution is 5.69. The van der Waals surface area contributed by atoms with Crippen LogP contribution in [-0.4, -0.2) is 11.1 Å². The first kappa shape index (κ1) is 14.9. The number of aliphatic hydroxyl groups excluding tert-OH is 1. The maximum absolute atomic E-state index is 10.4. The van der Waals surface area contributed by atoms with E-state index >= 15 is 0 Å². The Bertz CT molecular complexity index is 630. The van der Waals surface area contributed by atoms with Crippen LogP contribution in [0.25, 0.3) is 6.08 Å². The van der Waals surface area contributed by atoms with Gasteiger partial charge in [0.1, 0.15) is 5.75 Å². The van der Waals surface area contributed by atoms with Crippen molar-refractivity contribution in [3.8, 4) is 5.75 Å². The Morgan fingerprint density at radius 3 is 2.38 bits per heavy atom. The predicted octanol–water partition coefficient (Wildman–Crippen LogP) is 4.14. The van der Waals surface area contributed by atoms with Crippen molar-refractivity contribution in [1.29, 1.82) is 0 Å². The Morgan fingerprint density at radius 2 is 1.67 bits per heavy atom. The summed E-state index contributed by atoms with van der Waals surface area (Å²) in [7, 11) is 0. The van der Waals surface area contributed by atoms with E-state index in [1.807, 2.05) is 42.5 Å². The molecule has 1 N–H and O–H groups in total. The molecule has 0 spiro atoms. The van der Waals surface area contributed by atoms with Gasteiger partial charge in [0.25, 0.3) is 0 Å². The molecule has 2 aromatic carbocycles. The molecule has 0 radical (unpaired) electrons. The minimum atomic E-state index is -0.286. The second-order valence-electron chi connectivity index (χ2n) is 4.74. The monoisotopic (exact) mass is 282 g/mol. The van der Waals surface area contributed by atoms with Gasteiger partial charge in [0.15, 0.2) is 0 Å². The second kappa shape index (κ2) is 7.29. The number of carbonyl (C=O) groups excluding carboxylic acids is 1. The van der Waals surface area contributed by atoms with Crippen LogP contribution in [0.3, 0.4) is 0 Å². The van der Waals surface area contributed by atoms with Crippen LogP contribution >= 0.6 is 0 Å². The summed E-state index contributed by atoms with van der Waals surface area (Å²) in [5.41, 5.74) is 2.50. The first-order valence-corrected chi connectivity index (χ1v) is 6.86. The summed E-state index contributed by atoms with van der Waals surface area (Å²) in [5, 5.41) is 9.22. The molecular weight excluding hydrogens is 264 g/mol. The molecule has 3 rings (SSSR count). The third kappa shape index (κ3) is 4.80. The van der Waals surface area contributed by atoms with E-state index in [1.165, 1.54) is 12.5 Å². The van der Waals surface area contributed by atoms with E-state index < -0.39 is 0 Å². The molecule has 1 aliphatic carbocycles. The molecule has 0 saturated heterocycles. The van der Waals surface area contributed by atoms with Crippen LogP contribution in [0.4, 0.5) is 0 Å². The van der Waals surface area contributed by atoms with Gasteiger partial charge in [-0.2, -0.15) is 0 Å². The number of aliphatic hydroxyl groups is 1. The predicted molar refractivity (Wildman–Crippen MR) is 83.1 cm³/mol. The van der Waals surface area contributed by atoms with E-state index in [1.54, 1.807) is 12.1 Å². The Kier molecular flexibility index (Phi) is 5.16. The molecule has 3 nitrogen and oxygen atoms in total. The molecule has 3 heteroatoms. The lowest BCUT2D eigenvalue weighted by atomic mass is 9.97. The molecule has 108 valence electrons. The molecule has 0 fully saturated rings. The van der Waals surface area contributed by atoms with Gasteiger partial charge in [-0.25, -0.2) is 0 Å². The second-order valence-corrected chi connectivity index (χ2v) is 4.74. The Hall–Kier alpha value is -2.55. The van der Waals surface area contributed by atoms with Gasteiger partial charge < -0.3 is 9.84 Å². The fourth-order valence-electron chi connectivity index (χ4n) is 2.07. The molecule has 0 aliphatic heterocycles. The molecule has 0 amide bonds. The number of para-hydroxylation sites is 1. The normalized spacial score (nSPS) is 12.3. The summed E-state index contributed by atoms with van der Waals surface area (Å²) in [6.07, 6.45) is 3.61. The number of aryl methyl sites for hydroxylation is 1. The maximum atomic E-state index is 10.4. The summed E-state index contributed by atoms with van der Waals surface area (Å²) >= 11 is 0. The Labute approximate surface area is 124 Å². The fourth-order valence-corrected chi connectivity index (χ4v) is 2.07. The summed E-state index contributed by atoms with van der Waals surface area (Å²) < 4.78 is 4.78. The molecule has 1 aliphatic rings. The minimum absolute atomic E-state index is 0.286. The van der Waals surface area contributed by atoms with Crippen LogP contribution in [0.2, 0.25) is 0 Å². The van der Waals surface area contributed by atoms with Crippen molar-refractivity contribution in [2.24, 2.45) is 0 Å². The lowest BCUT2D eigenvalue weighted by Crippen LogP contribution is -2.00. The highest BCUT2D eigenvalue weighted by atomic mass is 16.5. The van der Waals surface area contributed by atoms with Gasteiger partial charge in [-0.1, -0.05) is 42.5 Å². The minimum Gasteiger partial charge on any atom is -0.512 e. The molecule has 0 unspecified atom stereocenters. The molecule has 0 bridgehead atoms. The highest BCUT2D eigenvalue weighted by Gasteiger charge is 2.07. The van der Waals surface area contributed by atoms with E-state index in [2.05, 4.69) is 6.07 Å². The average Bonchev–Trinajstić information content (AvgIpc) is 2.48. The van der Waals surface area contributed by atoms with Gasteiger partial charge in [0.2, 0.25) is 0 Å². The van der Waals surface area contributed by atoms with Crippen molar-refractivity contribution >= 4 is 12.0 Å². The van der Waals surface area contributed by atoms with Crippen LogP contribution in [0.1, 0.15) is 24.5 Å². The first-order valence-electron chi connectivity index (χ1n) is 6.86. The number of hydrogen-bond donors (Lipinski definition) is 1. The first-order chi connectivity index (χ1) is 10.1. The van der Waals surface area contributed by atoms with E-state index in [-0.39, 0.29) is 5.97 Å². The number of ether oxygens (including phenoxy) is 1. The molecule has 0 heterocycles. The number of hydrogen-bond acceptors (Lipinski definition) is 3. The molecule has 21 heavy (non-hydrogen) atoms. The van der Waals surface area contributed by atoms with Crippen LogP contribution in [0.5, 0.6) is 5.75 Å². The van der Waals surface area contributed by atoms with Gasteiger partial charge >= 0.3 is 5.97 Å². The zero-order valence-electron chi connectivity index (χ0n) is 12.0. The van der Waals surface area contributed by atoms with Crippen LogP contribution in [-0.2, 0) is 11.2 Å². The molecule has 2 aromatic rings. The van der Waals surface area contributed by atoms with Crippen molar-refractivity contribution in [2.75, 3.05) is 0 Å². The highest BCUT2D eigenvalue weighted by Crippen LogP contribution is 2.21. The number of benzene rings is 2. The molecule has 0 saturated carbocycles. The largest absolute Gasteiger partial charge is 0.512 e. The van der Waals surface area contributed by atoms with Gasteiger partial charge in [0, 0.05) is 13.3 Å². The van der Waals surface area contributed by atoms with Gasteiger partial charge in [0.05, 0.1) is 5.76 Å². The van der Waals surface area contributed by atoms with Gasteiger partial charge in [-0.3, -0.25) is 4.79 Å². The fraction of sp³-hybridized carbons (Fsp3) is 0.167. The Morgan fingerprint density at radius 1 is 1.00 bits per heavy atom. The number of esters is 1. The third-order valence-electron chi connectivity index (χ3n) is 3.03. The smallest absolute Gasteiger partial charge is 0.308 e.